The average molecular weight is 337 g/mol. The first-order chi connectivity index (χ1) is 12.2. The van der Waals surface area contributed by atoms with Crippen LogP contribution in [0.15, 0.2) is 53.5 Å². The lowest BCUT2D eigenvalue weighted by Crippen LogP contribution is -2.45. The van der Waals surface area contributed by atoms with Crippen LogP contribution >= 0.6 is 0 Å². The Morgan fingerprint density at radius 2 is 1.88 bits per heavy atom. The Morgan fingerprint density at radius 1 is 1.16 bits per heavy atom. The molecule has 0 bridgehead atoms. The van der Waals surface area contributed by atoms with Crippen molar-refractivity contribution >= 4 is 5.96 Å². The van der Waals surface area contributed by atoms with Gasteiger partial charge in [0.05, 0.1) is 7.11 Å². The molecule has 132 valence electrons. The molecule has 2 aromatic rings. The van der Waals surface area contributed by atoms with Gasteiger partial charge in [0.2, 0.25) is 0 Å². The molecule has 0 saturated carbocycles. The summed E-state index contributed by atoms with van der Waals surface area (Å²) in [7, 11) is 3.58. The third kappa shape index (κ3) is 3.95. The second-order valence-electron chi connectivity index (χ2n) is 6.51. The maximum atomic E-state index is 5.49. The predicted octanol–water partition coefficient (Wildman–Crippen LogP) is 3.43. The van der Waals surface area contributed by atoms with Crippen molar-refractivity contribution in [3.05, 3.63) is 65.2 Å². The molecule has 0 saturated heterocycles. The van der Waals surface area contributed by atoms with Gasteiger partial charge in [0, 0.05) is 32.6 Å². The summed E-state index contributed by atoms with van der Waals surface area (Å²) in [5.74, 6) is 2.25. The lowest BCUT2D eigenvalue weighted by atomic mass is 9.99. The number of hydrogen-bond donors (Lipinski definition) is 1. The van der Waals surface area contributed by atoms with E-state index in [1.54, 1.807) is 7.11 Å². The van der Waals surface area contributed by atoms with Crippen molar-refractivity contribution in [1.82, 2.24) is 10.2 Å². The van der Waals surface area contributed by atoms with Crippen molar-refractivity contribution < 1.29 is 4.74 Å². The number of benzene rings is 2. The molecule has 4 heteroatoms. The minimum Gasteiger partial charge on any atom is -0.496 e. The standard InChI is InChI=1S/C21H27N3O/c1-16(19-10-6-7-11-20(19)25-3)14-23-21(22-2)24-13-12-17-8-4-5-9-18(17)15-24/h4-11,16H,12-15H2,1-3H3,(H,22,23). The molecule has 0 spiro atoms. The van der Waals surface area contributed by atoms with Gasteiger partial charge in [0.1, 0.15) is 5.75 Å². The molecular weight excluding hydrogens is 310 g/mol. The molecule has 3 rings (SSSR count). The van der Waals surface area contributed by atoms with Gasteiger partial charge in [-0.1, -0.05) is 49.4 Å². The number of methoxy groups -OCH3 is 1. The third-order valence-electron chi connectivity index (χ3n) is 4.88. The Bertz CT molecular complexity index is 741. The van der Waals surface area contributed by atoms with Gasteiger partial charge >= 0.3 is 0 Å². The molecule has 1 aliphatic heterocycles. The smallest absolute Gasteiger partial charge is 0.193 e. The number of aliphatic imine (C=N–C) groups is 1. The molecule has 1 atom stereocenters. The Morgan fingerprint density at radius 3 is 2.64 bits per heavy atom. The third-order valence-corrected chi connectivity index (χ3v) is 4.88. The van der Waals surface area contributed by atoms with Gasteiger partial charge in [-0.2, -0.15) is 0 Å². The minimum absolute atomic E-state index is 0.338. The number of nitrogens with zero attached hydrogens (tertiary/aromatic N) is 2. The Kier molecular flexibility index (Phi) is 5.59. The van der Waals surface area contributed by atoms with Gasteiger partial charge in [-0.15, -0.1) is 0 Å². The fraction of sp³-hybridized carbons (Fsp3) is 0.381. The number of ether oxygens (including phenoxy) is 1. The Labute approximate surface area is 150 Å². The Hall–Kier alpha value is -2.49. The van der Waals surface area contributed by atoms with Crippen LogP contribution in [0, 0.1) is 0 Å². The predicted molar refractivity (Wildman–Crippen MR) is 103 cm³/mol. The lowest BCUT2D eigenvalue weighted by molar-refractivity contribution is 0.376. The first-order valence-corrected chi connectivity index (χ1v) is 8.88. The summed E-state index contributed by atoms with van der Waals surface area (Å²) in [6.45, 7) is 4.95. The summed E-state index contributed by atoms with van der Waals surface area (Å²) < 4.78 is 5.49. The summed E-state index contributed by atoms with van der Waals surface area (Å²) in [6, 6.07) is 16.9. The number of para-hydroxylation sites is 1. The van der Waals surface area contributed by atoms with Crippen LogP contribution in [0.25, 0.3) is 0 Å². The van der Waals surface area contributed by atoms with E-state index in [-0.39, 0.29) is 0 Å². The van der Waals surface area contributed by atoms with E-state index in [1.807, 2.05) is 19.2 Å². The zero-order valence-electron chi connectivity index (χ0n) is 15.3. The summed E-state index contributed by atoms with van der Waals surface area (Å²) in [4.78, 5) is 6.82. The van der Waals surface area contributed by atoms with Gasteiger partial charge in [-0.3, -0.25) is 4.99 Å². The summed E-state index contributed by atoms with van der Waals surface area (Å²) in [5, 5.41) is 3.54. The molecule has 25 heavy (non-hydrogen) atoms. The number of fused-ring (bicyclic) bond motifs is 1. The van der Waals surface area contributed by atoms with Crippen molar-refractivity contribution in [1.29, 1.82) is 0 Å². The maximum absolute atomic E-state index is 5.49. The van der Waals surface area contributed by atoms with E-state index in [0.29, 0.717) is 5.92 Å². The summed E-state index contributed by atoms with van der Waals surface area (Å²) in [6.07, 6.45) is 1.07. The molecule has 0 radical (unpaired) electrons. The molecule has 1 N–H and O–H groups in total. The quantitative estimate of drug-likeness (QED) is 0.686. The van der Waals surface area contributed by atoms with Crippen LogP contribution in [0.2, 0.25) is 0 Å². The number of hydrogen-bond acceptors (Lipinski definition) is 2. The van der Waals surface area contributed by atoms with E-state index in [2.05, 4.69) is 58.5 Å². The zero-order chi connectivity index (χ0) is 17.6. The molecule has 0 aromatic heterocycles. The van der Waals surface area contributed by atoms with Crippen LogP contribution in [0.3, 0.4) is 0 Å². The van der Waals surface area contributed by atoms with Crippen LogP contribution in [0.4, 0.5) is 0 Å². The molecule has 1 heterocycles. The first-order valence-electron chi connectivity index (χ1n) is 8.88. The van der Waals surface area contributed by atoms with E-state index in [1.165, 1.54) is 16.7 Å². The Balaban J connectivity index is 1.64. The van der Waals surface area contributed by atoms with Crippen molar-refractivity contribution in [2.24, 2.45) is 4.99 Å². The highest BCUT2D eigenvalue weighted by molar-refractivity contribution is 5.80. The van der Waals surface area contributed by atoms with Gasteiger partial charge in [0.25, 0.3) is 0 Å². The zero-order valence-corrected chi connectivity index (χ0v) is 15.3. The topological polar surface area (TPSA) is 36.9 Å². The highest BCUT2D eigenvalue weighted by atomic mass is 16.5. The van der Waals surface area contributed by atoms with Crippen molar-refractivity contribution in [3.8, 4) is 5.75 Å². The second-order valence-corrected chi connectivity index (χ2v) is 6.51. The summed E-state index contributed by atoms with van der Waals surface area (Å²) >= 11 is 0. The SMILES string of the molecule is CN=C(NCC(C)c1ccccc1OC)N1CCc2ccccc2C1. The minimum atomic E-state index is 0.338. The molecular formula is C21H27N3O. The van der Waals surface area contributed by atoms with E-state index in [0.717, 1.165) is 37.8 Å². The van der Waals surface area contributed by atoms with Crippen molar-refractivity contribution in [2.75, 3.05) is 27.2 Å². The number of nitrogens with one attached hydrogen (secondary N) is 1. The molecule has 1 unspecified atom stereocenters. The lowest BCUT2D eigenvalue weighted by Gasteiger charge is -2.32. The van der Waals surface area contributed by atoms with Gasteiger partial charge < -0.3 is 15.0 Å². The van der Waals surface area contributed by atoms with Gasteiger partial charge in [-0.25, -0.2) is 0 Å². The number of guanidine groups is 1. The number of rotatable bonds is 4. The summed E-state index contributed by atoms with van der Waals surface area (Å²) in [5.41, 5.74) is 4.07. The first kappa shape index (κ1) is 17.3. The van der Waals surface area contributed by atoms with Gasteiger partial charge in [-0.05, 0) is 29.2 Å². The van der Waals surface area contributed by atoms with Crippen molar-refractivity contribution in [2.45, 2.75) is 25.8 Å². The van der Waals surface area contributed by atoms with Crippen LogP contribution < -0.4 is 10.1 Å². The fourth-order valence-corrected chi connectivity index (χ4v) is 3.44. The van der Waals surface area contributed by atoms with Crippen molar-refractivity contribution in [3.63, 3.8) is 0 Å². The molecule has 0 fully saturated rings. The van der Waals surface area contributed by atoms with Gasteiger partial charge in [0.15, 0.2) is 5.96 Å². The largest absolute Gasteiger partial charge is 0.496 e. The van der Waals surface area contributed by atoms with E-state index in [9.17, 15) is 0 Å². The van der Waals surface area contributed by atoms with Crippen LogP contribution in [0.1, 0.15) is 29.5 Å². The second kappa shape index (κ2) is 8.06. The highest BCUT2D eigenvalue weighted by Crippen LogP contribution is 2.25. The van der Waals surface area contributed by atoms with E-state index < -0.39 is 0 Å². The molecule has 0 amide bonds. The normalized spacial score (nSPS) is 15.5. The monoisotopic (exact) mass is 337 g/mol. The van der Waals surface area contributed by atoms with Crippen LogP contribution in [0.5, 0.6) is 5.75 Å². The molecule has 2 aromatic carbocycles. The maximum Gasteiger partial charge on any atom is 0.193 e. The average Bonchev–Trinajstić information content (AvgIpc) is 2.68. The van der Waals surface area contributed by atoms with Crippen LogP contribution in [-0.4, -0.2) is 38.1 Å². The highest BCUT2D eigenvalue weighted by Gasteiger charge is 2.19. The van der Waals surface area contributed by atoms with Crippen LogP contribution in [-0.2, 0) is 13.0 Å². The van der Waals surface area contributed by atoms with E-state index in [4.69, 9.17) is 4.74 Å². The van der Waals surface area contributed by atoms with E-state index >= 15 is 0 Å². The fourth-order valence-electron chi connectivity index (χ4n) is 3.44. The molecule has 0 aliphatic carbocycles. The molecule has 1 aliphatic rings. The molecule has 4 nitrogen and oxygen atoms in total.